The van der Waals surface area contributed by atoms with E-state index in [2.05, 4.69) is 53.6 Å². The van der Waals surface area contributed by atoms with E-state index in [1.807, 2.05) is 0 Å². The molecule has 0 saturated heterocycles. The SMILES string of the molecule is CC(C)P(C(C)C)C(C)N(C)C. The zero-order valence-corrected chi connectivity index (χ0v) is 10.5. The molecule has 0 saturated carbocycles. The Morgan fingerprint density at radius 1 is 0.833 bits per heavy atom. The molecule has 0 amide bonds. The minimum Gasteiger partial charge on any atom is -0.303 e. The smallest absolute Gasteiger partial charge is 0.0267 e. The van der Waals surface area contributed by atoms with Crippen molar-refractivity contribution < 1.29 is 0 Å². The monoisotopic (exact) mass is 189 g/mol. The molecule has 12 heavy (non-hydrogen) atoms. The Morgan fingerprint density at radius 2 is 1.17 bits per heavy atom. The molecular weight excluding hydrogens is 165 g/mol. The second-order valence-electron chi connectivity index (χ2n) is 4.23. The summed E-state index contributed by atoms with van der Waals surface area (Å²) >= 11 is 0. The van der Waals surface area contributed by atoms with Gasteiger partial charge in [-0.1, -0.05) is 35.6 Å². The van der Waals surface area contributed by atoms with Gasteiger partial charge in [-0.25, -0.2) is 0 Å². The van der Waals surface area contributed by atoms with Gasteiger partial charge in [-0.3, -0.25) is 0 Å². The molecular formula is C10H24NP. The Balaban J connectivity index is 4.30. The van der Waals surface area contributed by atoms with Gasteiger partial charge in [0.1, 0.15) is 0 Å². The lowest BCUT2D eigenvalue weighted by Gasteiger charge is -2.35. The summed E-state index contributed by atoms with van der Waals surface area (Å²) in [7, 11) is 4.52. The van der Waals surface area contributed by atoms with Gasteiger partial charge < -0.3 is 4.90 Å². The third kappa shape index (κ3) is 3.41. The molecule has 0 aliphatic heterocycles. The van der Waals surface area contributed by atoms with Gasteiger partial charge in [-0.2, -0.15) is 0 Å². The third-order valence-electron chi connectivity index (χ3n) is 2.37. The minimum absolute atomic E-state index is 0.147. The summed E-state index contributed by atoms with van der Waals surface area (Å²) in [5, 5.41) is 0. The van der Waals surface area contributed by atoms with E-state index in [1.54, 1.807) is 0 Å². The number of hydrogen-bond acceptors (Lipinski definition) is 1. The lowest BCUT2D eigenvalue weighted by Crippen LogP contribution is -2.28. The van der Waals surface area contributed by atoms with E-state index in [0.29, 0.717) is 0 Å². The van der Waals surface area contributed by atoms with E-state index in [9.17, 15) is 0 Å². The van der Waals surface area contributed by atoms with Crippen LogP contribution in [0.2, 0.25) is 0 Å². The van der Waals surface area contributed by atoms with E-state index in [-0.39, 0.29) is 7.92 Å². The standard InChI is InChI=1S/C10H24NP/c1-8(2)12(9(3)4)10(5)11(6)7/h8-10H,1-7H3. The molecule has 0 rings (SSSR count). The van der Waals surface area contributed by atoms with Crippen molar-refractivity contribution in [3.05, 3.63) is 0 Å². The highest BCUT2D eigenvalue weighted by Crippen LogP contribution is 2.50. The predicted molar refractivity (Wildman–Crippen MR) is 60.3 cm³/mol. The fraction of sp³-hybridized carbons (Fsp3) is 1.00. The molecule has 0 bridgehead atoms. The summed E-state index contributed by atoms with van der Waals surface area (Å²) < 4.78 is 0. The first-order valence-electron chi connectivity index (χ1n) is 4.81. The normalized spacial score (nSPS) is 15.2. The molecule has 1 nitrogen and oxygen atoms in total. The number of hydrogen-bond donors (Lipinski definition) is 0. The van der Waals surface area contributed by atoms with E-state index >= 15 is 0 Å². The van der Waals surface area contributed by atoms with Crippen LogP contribution in [0.3, 0.4) is 0 Å². The van der Waals surface area contributed by atoms with Gasteiger partial charge >= 0.3 is 0 Å². The molecule has 0 radical (unpaired) electrons. The molecule has 1 unspecified atom stereocenters. The van der Waals surface area contributed by atoms with Crippen LogP contribution in [0, 0.1) is 0 Å². The fourth-order valence-corrected chi connectivity index (χ4v) is 5.18. The largest absolute Gasteiger partial charge is 0.303 e. The van der Waals surface area contributed by atoms with Crippen molar-refractivity contribution in [3.63, 3.8) is 0 Å². The molecule has 0 N–H and O–H groups in total. The van der Waals surface area contributed by atoms with Crippen LogP contribution in [0.15, 0.2) is 0 Å². The molecule has 0 aromatic heterocycles. The fourth-order valence-electron chi connectivity index (χ4n) is 1.73. The van der Waals surface area contributed by atoms with E-state index in [0.717, 1.165) is 17.1 Å². The van der Waals surface area contributed by atoms with Crippen LogP contribution in [0.5, 0.6) is 0 Å². The Kier molecular flexibility index (Phi) is 5.36. The topological polar surface area (TPSA) is 3.24 Å². The average molecular weight is 189 g/mol. The lowest BCUT2D eigenvalue weighted by molar-refractivity contribution is 0.393. The van der Waals surface area contributed by atoms with Crippen LogP contribution < -0.4 is 0 Å². The molecule has 1 atom stereocenters. The molecule has 0 aliphatic carbocycles. The lowest BCUT2D eigenvalue weighted by atomic mass is 10.5. The van der Waals surface area contributed by atoms with Crippen LogP contribution in [-0.2, 0) is 0 Å². The highest BCUT2D eigenvalue weighted by molar-refractivity contribution is 7.59. The maximum atomic E-state index is 2.35. The van der Waals surface area contributed by atoms with E-state index in [1.165, 1.54) is 0 Å². The second kappa shape index (κ2) is 5.19. The molecule has 74 valence electrons. The van der Waals surface area contributed by atoms with Crippen LogP contribution in [0.1, 0.15) is 34.6 Å². The maximum absolute atomic E-state index is 2.35. The molecule has 0 spiro atoms. The number of nitrogens with zero attached hydrogens (tertiary/aromatic N) is 1. The van der Waals surface area contributed by atoms with Crippen LogP contribution in [0.4, 0.5) is 0 Å². The van der Waals surface area contributed by atoms with Gasteiger partial charge in [-0.05, 0) is 32.3 Å². The van der Waals surface area contributed by atoms with Crippen molar-refractivity contribution in [2.45, 2.75) is 51.7 Å². The first-order valence-corrected chi connectivity index (χ1v) is 6.36. The van der Waals surface area contributed by atoms with Gasteiger partial charge in [0.25, 0.3) is 0 Å². The summed E-state index contributed by atoms with van der Waals surface area (Å²) in [5.74, 6) is 0.750. The first-order chi connectivity index (χ1) is 5.37. The zero-order chi connectivity index (χ0) is 9.89. The minimum atomic E-state index is 0.147. The summed E-state index contributed by atoms with van der Waals surface area (Å²) in [6.07, 6.45) is 0. The zero-order valence-electron chi connectivity index (χ0n) is 9.63. The third-order valence-corrected chi connectivity index (χ3v) is 6.08. The molecule has 0 aromatic rings. The first kappa shape index (κ1) is 12.4. The molecule has 0 aromatic carbocycles. The molecule has 0 aliphatic rings. The van der Waals surface area contributed by atoms with Crippen LogP contribution >= 0.6 is 7.92 Å². The van der Waals surface area contributed by atoms with Crippen molar-refractivity contribution in [2.75, 3.05) is 14.1 Å². The van der Waals surface area contributed by atoms with Gasteiger partial charge in [0.05, 0.1) is 0 Å². The summed E-state index contributed by atoms with van der Waals surface area (Å²) in [5.41, 5.74) is 1.69. The van der Waals surface area contributed by atoms with Crippen molar-refractivity contribution in [3.8, 4) is 0 Å². The quantitative estimate of drug-likeness (QED) is 0.614. The van der Waals surface area contributed by atoms with Crippen LogP contribution in [0.25, 0.3) is 0 Å². The summed E-state index contributed by atoms with van der Waals surface area (Å²) in [4.78, 5) is 2.35. The van der Waals surface area contributed by atoms with Crippen molar-refractivity contribution >= 4 is 7.92 Å². The highest BCUT2D eigenvalue weighted by Gasteiger charge is 2.24. The molecule has 0 heterocycles. The van der Waals surface area contributed by atoms with Gasteiger partial charge in [0, 0.05) is 5.78 Å². The highest BCUT2D eigenvalue weighted by atomic mass is 31.1. The van der Waals surface area contributed by atoms with Crippen LogP contribution in [-0.4, -0.2) is 36.1 Å². The van der Waals surface area contributed by atoms with Crippen molar-refractivity contribution in [1.82, 2.24) is 4.90 Å². The Morgan fingerprint density at radius 3 is 1.25 bits per heavy atom. The second-order valence-corrected chi connectivity index (χ2v) is 7.94. The Labute approximate surface area is 79.3 Å². The Hall–Kier alpha value is 0.390. The van der Waals surface area contributed by atoms with Crippen molar-refractivity contribution in [1.29, 1.82) is 0 Å². The van der Waals surface area contributed by atoms with E-state index in [4.69, 9.17) is 0 Å². The van der Waals surface area contributed by atoms with E-state index < -0.39 is 0 Å². The Bertz CT molecular complexity index is 113. The maximum Gasteiger partial charge on any atom is 0.0267 e. The predicted octanol–water partition coefficient (Wildman–Crippen LogP) is 3.19. The van der Waals surface area contributed by atoms with Gasteiger partial charge in [0.15, 0.2) is 0 Å². The van der Waals surface area contributed by atoms with Crippen molar-refractivity contribution in [2.24, 2.45) is 0 Å². The molecule has 2 heteroatoms. The van der Waals surface area contributed by atoms with Gasteiger partial charge in [0.2, 0.25) is 0 Å². The molecule has 0 fully saturated rings. The van der Waals surface area contributed by atoms with Gasteiger partial charge in [-0.15, -0.1) is 0 Å². The summed E-state index contributed by atoms with van der Waals surface area (Å²) in [6.45, 7) is 11.8. The number of rotatable bonds is 4. The summed E-state index contributed by atoms with van der Waals surface area (Å²) in [6, 6.07) is 0. The average Bonchev–Trinajstić information content (AvgIpc) is 1.85.